The van der Waals surface area contributed by atoms with Gasteiger partial charge in [-0.2, -0.15) is 0 Å². The number of amides is 1. The first-order chi connectivity index (χ1) is 8.77. The summed E-state index contributed by atoms with van der Waals surface area (Å²) < 4.78 is 23.1. The van der Waals surface area contributed by atoms with Gasteiger partial charge in [-0.15, -0.1) is 0 Å². The Bertz CT molecular complexity index is 570. The van der Waals surface area contributed by atoms with Gasteiger partial charge in [0.05, 0.1) is 16.3 Å². The van der Waals surface area contributed by atoms with E-state index in [1.807, 2.05) is 6.92 Å². The second-order valence-corrected chi connectivity index (χ2v) is 6.23. The smallest absolute Gasteiger partial charge is 0.242 e. The molecule has 0 spiro atoms. The highest BCUT2D eigenvalue weighted by atomic mass is 32.2. The summed E-state index contributed by atoms with van der Waals surface area (Å²) in [7, 11) is -3.39. The Morgan fingerprint density at radius 1 is 1.42 bits per heavy atom. The Labute approximate surface area is 113 Å². The normalized spacial score (nSPS) is 12.8. The summed E-state index contributed by atoms with van der Waals surface area (Å²) in [6.45, 7) is 4.03. The first kappa shape index (κ1) is 15.3. The molecule has 0 heterocycles. The second-order valence-electron chi connectivity index (χ2n) is 4.25. The Morgan fingerprint density at radius 2 is 2.05 bits per heavy atom. The Balaban J connectivity index is 3.01. The average Bonchev–Trinajstić information content (AvgIpc) is 2.30. The van der Waals surface area contributed by atoms with Crippen LogP contribution in [0.5, 0.6) is 0 Å². The molecule has 106 valence electrons. The van der Waals surface area contributed by atoms with Crippen molar-refractivity contribution in [2.24, 2.45) is 0 Å². The monoisotopic (exact) mass is 285 g/mol. The number of carbonyl (C=O) groups is 1. The van der Waals surface area contributed by atoms with Gasteiger partial charge in [0.1, 0.15) is 6.04 Å². The fourth-order valence-corrected chi connectivity index (χ4v) is 2.45. The number of para-hydroxylation sites is 1. The SMILES string of the molecule is CCNC(=O)C(C)Nc1cccc(S(C)(=O)=O)c1N. The predicted octanol–water partition coefficient (Wildman–Crippen LogP) is 0.609. The summed E-state index contributed by atoms with van der Waals surface area (Å²) in [6, 6.07) is 4.16. The second kappa shape index (κ2) is 5.92. The van der Waals surface area contributed by atoms with Gasteiger partial charge in [-0.1, -0.05) is 6.07 Å². The highest BCUT2D eigenvalue weighted by Crippen LogP contribution is 2.26. The molecule has 1 amide bonds. The molecular weight excluding hydrogens is 266 g/mol. The highest BCUT2D eigenvalue weighted by Gasteiger charge is 2.17. The molecule has 0 saturated carbocycles. The van der Waals surface area contributed by atoms with Gasteiger partial charge in [0.15, 0.2) is 9.84 Å². The summed E-state index contributed by atoms with van der Waals surface area (Å²) in [4.78, 5) is 11.7. The van der Waals surface area contributed by atoms with Gasteiger partial charge < -0.3 is 16.4 Å². The molecule has 1 unspecified atom stereocenters. The van der Waals surface area contributed by atoms with Crippen molar-refractivity contribution in [1.29, 1.82) is 0 Å². The van der Waals surface area contributed by atoms with Crippen LogP contribution in [-0.2, 0) is 14.6 Å². The zero-order chi connectivity index (χ0) is 14.6. The van der Waals surface area contributed by atoms with E-state index in [4.69, 9.17) is 5.73 Å². The molecule has 7 heteroatoms. The van der Waals surface area contributed by atoms with Crippen LogP contribution in [0.2, 0.25) is 0 Å². The van der Waals surface area contributed by atoms with E-state index >= 15 is 0 Å². The molecule has 1 atom stereocenters. The van der Waals surface area contributed by atoms with Crippen LogP contribution in [0.25, 0.3) is 0 Å². The highest BCUT2D eigenvalue weighted by molar-refractivity contribution is 7.90. The van der Waals surface area contributed by atoms with E-state index in [2.05, 4.69) is 10.6 Å². The number of anilines is 2. The van der Waals surface area contributed by atoms with Crippen LogP contribution < -0.4 is 16.4 Å². The van der Waals surface area contributed by atoms with Crippen molar-refractivity contribution in [3.05, 3.63) is 18.2 Å². The Kier molecular flexibility index (Phi) is 4.77. The third-order valence-electron chi connectivity index (χ3n) is 2.58. The molecule has 0 saturated heterocycles. The first-order valence-corrected chi connectivity index (χ1v) is 7.79. The summed E-state index contributed by atoms with van der Waals surface area (Å²) in [5.41, 5.74) is 6.38. The van der Waals surface area contributed by atoms with Crippen molar-refractivity contribution in [3.8, 4) is 0 Å². The van der Waals surface area contributed by atoms with Gasteiger partial charge in [0.2, 0.25) is 5.91 Å². The largest absolute Gasteiger partial charge is 0.396 e. The van der Waals surface area contributed by atoms with Gasteiger partial charge >= 0.3 is 0 Å². The number of benzene rings is 1. The molecule has 6 nitrogen and oxygen atoms in total. The standard InChI is InChI=1S/C12H19N3O3S/c1-4-14-12(16)8(2)15-9-6-5-7-10(11(9)13)19(3,17)18/h5-8,15H,4,13H2,1-3H3,(H,14,16). The molecule has 4 N–H and O–H groups in total. The zero-order valence-electron chi connectivity index (χ0n) is 11.2. The van der Waals surface area contributed by atoms with Crippen LogP contribution in [-0.4, -0.2) is 33.2 Å². The van der Waals surface area contributed by atoms with Gasteiger partial charge in [0.25, 0.3) is 0 Å². The number of carbonyl (C=O) groups excluding carboxylic acids is 1. The molecule has 1 aromatic carbocycles. The fraction of sp³-hybridized carbons (Fsp3) is 0.417. The summed E-state index contributed by atoms with van der Waals surface area (Å²) in [5.74, 6) is -0.174. The van der Waals surface area contributed by atoms with Crippen LogP contribution in [0.15, 0.2) is 23.1 Å². The van der Waals surface area contributed by atoms with Crippen molar-refractivity contribution in [1.82, 2.24) is 5.32 Å². The lowest BCUT2D eigenvalue weighted by Gasteiger charge is -2.17. The molecule has 0 bridgehead atoms. The van der Waals surface area contributed by atoms with E-state index in [0.717, 1.165) is 6.26 Å². The first-order valence-electron chi connectivity index (χ1n) is 5.90. The minimum Gasteiger partial charge on any atom is -0.396 e. The van der Waals surface area contributed by atoms with E-state index in [9.17, 15) is 13.2 Å². The third kappa shape index (κ3) is 3.85. The molecule has 0 radical (unpaired) electrons. The third-order valence-corrected chi connectivity index (χ3v) is 3.74. The number of hydrogen-bond acceptors (Lipinski definition) is 5. The molecule has 1 rings (SSSR count). The minimum absolute atomic E-state index is 0.0561. The van der Waals surface area contributed by atoms with Crippen LogP contribution in [0, 0.1) is 0 Å². The van der Waals surface area contributed by atoms with E-state index in [1.165, 1.54) is 6.07 Å². The van der Waals surface area contributed by atoms with Crippen molar-refractivity contribution in [3.63, 3.8) is 0 Å². The van der Waals surface area contributed by atoms with E-state index in [0.29, 0.717) is 12.2 Å². The molecule has 0 fully saturated rings. The van der Waals surface area contributed by atoms with E-state index in [-0.39, 0.29) is 16.5 Å². The fourth-order valence-electron chi connectivity index (χ4n) is 1.62. The van der Waals surface area contributed by atoms with Crippen molar-refractivity contribution >= 4 is 27.1 Å². The summed E-state index contributed by atoms with van der Waals surface area (Å²) in [5, 5.41) is 5.58. The van der Waals surface area contributed by atoms with Crippen molar-refractivity contribution in [2.45, 2.75) is 24.8 Å². The van der Waals surface area contributed by atoms with E-state index in [1.54, 1.807) is 19.1 Å². The number of likely N-dealkylation sites (N-methyl/N-ethyl adjacent to an activating group) is 1. The predicted molar refractivity (Wildman–Crippen MR) is 75.7 cm³/mol. The molecule has 1 aromatic rings. The van der Waals surface area contributed by atoms with E-state index < -0.39 is 15.9 Å². The van der Waals surface area contributed by atoms with Gasteiger partial charge in [0, 0.05) is 12.8 Å². The van der Waals surface area contributed by atoms with Gasteiger partial charge in [-0.25, -0.2) is 8.42 Å². The quantitative estimate of drug-likeness (QED) is 0.688. The van der Waals surface area contributed by atoms with Crippen molar-refractivity contribution < 1.29 is 13.2 Å². The van der Waals surface area contributed by atoms with Gasteiger partial charge in [-0.3, -0.25) is 4.79 Å². The van der Waals surface area contributed by atoms with Crippen LogP contribution in [0.3, 0.4) is 0 Å². The number of nitrogens with one attached hydrogen (secondary N) is 2. The molecule has 0 aliphatic rings. The molecule has 0 aliphatic heterocycles. The Hall–Kier alpha value is -1.76. The maximum atomic E-state index is 11.6. The lowest BCUT2D eigenvalue weighted by Crippen LogP contribution is -2.37. The maximum absolute atomic E-state index is 11.6. The summed E-state index contributed by atoms with van der Waals surface area (Å²) >= 11 is 0. The maximum Gasteiger partial charge on any atom is 0.242 e. The van der Waals surface area contributed by atoms with Crippen LogP contribution in [0.1, 0.15) is 13.8 Å². The number of rotatable bonds is 5. The summed E-state index contributed by atoms with van der Waals surface area (Å²) in [6.07, 6.45) is 1.09. The number of hydrogen-bond donors (Lipinski definition) is 3. The van der Waals surface area contributed by atoms with Gasteiger partial charge in [-0.05, 0) is 26.0 Å². The Morgan fingerprint density at radius 3 is 2.58 bits per heavy atom. The molecular formula is C12H19N3O3S. The van der Waals surface area contributed by atoms with Crippen molar-refractivity contribution in [2.75, 3.05) is 23.9 Å². The topological polar surface area (TPSA) is 101 Å². The molecule has 19 heavy (non-hydrogen) atoms. The molecule has 0 aromatic heterocycles. The number of sulfone groups is 1. The van der Waals surface area contributed by atoms with Crippen LogP contribution >= 0.6 is 0 Å². The van der Waals surface area contributed by atoms with Crippen LogP contribution in [0.4, 0.5) is 11.4 Å². The number of nitrogens with two attached hydrogens (primary N) is 1. The minimum atomic E-state index is -3.39. The zero-order valence-corrected chi connectivity index (χ0v) is 12.0. The lowest BCUT2D eigenvalue weighted by atomic mass is 10.2. The lowest BCUT2D eigenvalue weighted by molar-refractivity contribution is -0.121. The average molecular weight is 285 g/mol. The molecule has 0 aliphatic carbocycles. The number of nitrogen functional groups attached to an aromatic ring is 1.